The second-order valence-corrected chi connectivity index (χ2v) is 6.58. The molecule has 25 heavy (non-hydrogen) atoms. The zero-order chi connectivity index (χ0) is 17.8. The first-order valence-corrected chi connectivity index (χ1v) is 8.41. The van der Waals surface area contributed by atoms with Crippen molar-refractivity contribution >= 4 is 23.5 Å². The van der Waals surface area contributed by atoms with Crippen molar-refractivity contribution in [2.75, 3.05) is 12.4 Å². The van der Waals surface area contributed by atoms with Gasteiger partial charge < -0.3 is 14.6 Å². The number of carbonyl (C=O) groups excluding carboxylic acids is 1. The molecule has 0 aliphatic carbocycles. The lowest BCUT2D eigenvalue weighted by atomic mass is 10.2. The molecule has 2 N–H and O–H groups in total. The van der Waals surface area contributed by atoms with Crippen molar-refractivity contribution < 1.29 is 14.1 Å². The molecule has 0 radical (unpaired) electrons. The van der Waals surface area contributed by atoms with Gasteiger partial charge in [-0.25, -0.2) is 4.98 Å². The van der Waals surface area contributed by atoms with Crippen LogP contribution in [-0.2, 0) is 4.79 Å². The molecule has 0 bridgehead atoms. The Balaban J connectivity index is 1.62. The Morgan fingerprint density at radius 3 is 2.76 bits per heavy atom. The minimum atomic E-state index is -0.392. The molecule has 0 saturated heterocycles. The van der Waals surface area contributed by atoms with E-state index in [2.05, 4.69) is 25.7 Å². The molecular weight excluding hydrogens is 342 g/mol. The van der Waals surface area contributed by atoms with Crippen molar-refractivity contribution in [2.24, 2.45) is 0 Å². The number of anilines is 1. The van der Waals surface area contributed by atoms with E-state index in [1.54, 1.807) is 27.0 Å². The number of H-pyrrole nitrogens is 1. The predicted octanol–water partition coefficient (Wildman–Crippen LogP) is 2.90. The van der Waals surface area contributed by atoms with E-state index in [9.17, 15) is 4.79 Å². The lowest BCUT2D eigenvalue weighted by molar-refractivity contribution is -0.115. The van der Waals surface area contributed by atoms with E-state index < -0.39 is 5.25 Å². The number of rotatable bonds is 6. The highest BCUT2D eigenvalue weighted by Gasteiger charge is 2.18. The van der Waals surface area contributed by atoms with Gasteiger partial charge in [0.15, 0.2) is 11.6 Å². The summed E-state index contributed by atoms with van der Waals surface area (Å²) in [5.74, 6) is 2.22. The summed E-state index contributed by atoms with van der Waals surface area (Å²) >= 11 is 1.25. The summed E-state index contributed by atoms with van der Waals surface area (Å²) in [6, 6.07) is 9.12. The maximum atomic E-state index is 12.2. The number of ether oxygens (including phenoxy) is 1. The molecule has 1 unspecified atom stereocenters. The monoisotopic (exact) mass is 359 g/mol. The largest absolute Gasteiger partial charge is 0.497 e. The van der Waals surface area contributed by atoms with Crippen molar-refractivity contribution in [1.29, 1.82) is 0 Å². The van der Waals surface area contributed by atoms with E-state index in [0.717, 1.165) is 11.3 Å². The van der Waals surface area contributed by atoms with Crippen molar-refractivity contribution in [3.8, 4) is 17.1 Å². The highest BCUT2D eigenvalue weighted by Crippen LogP contribution is 2.24. The van der Waals surface area contributed by atoms with Crippen LogP contribution in [-0.4, -0.2) is 38.6 Å². The van der Waals surface area contributed by atoms with Crippen molar-refractivity contribution in [2.45, 2.75) is 24.3 Å². The van der Waals surface area contributed by atoms with Crippen LogP contribution in [0.2, 0.25) is 0 Å². The fourth-order valence-electron chi connectivity index (χ4n) is 2.04. The van der Waals surface area contributed by atoms with Gasteiger partial charge in [0.25, 0.3) is 0 Å². The van der Waals surface area contributed by atoms with Gasteiger partial charge in [-0.2, -0.15) is 0 Å². The molecule has 0 spiro atoms. The number of benzene rings is 1. The molecule has 3 rings (SSSR count). The predicted molar refractivity (Wildman–Crippen MR) is 93.6 cm³/mol. The first-order valence-electron chi connectivity index (χ1n) is 7.53. The molecule has 0 fully saturated rings. The summed E-state index contributed by atoms with van der Waals surface area (Å²) in [5, 5.41) is 13.6. The average Bonchev–Trinajstić information content (AvgIpc) is 3.24. The van der Waals surface area contributed by atoms with Gasteiger partial charge in [-0.15, -0.1) is 5.10 Å². The minimum absolute atomic E-state index is 0.200. The van der Waals surface area contributed by atoms with Crippen LogP contribution in [0.3, 0.4) is 0 Å². The Bertz CT molecular complexity index is 859. The molecule has 8 nitrogen and oxygen atoms in total. The van der Waals surface area contributed by atoms with Gasteiger partial charge >= 0.3 is 0 Å². The number of methoxy groups -OCH3 is 1. The highest BCUT2D eigenvalue weighted by molar-refractivity contribution is 8.00. The van der Waals surface area contributed by atoms with Crippen LogP contribution >= 0.6 is 11.8 Å². The summed E-state index contributed by atoms with van der Waals surface area (Å²) in [4.78, 5) is 16.6. The van der Waals surface area contributed by atoms with E-state index in [0.29, 0.717) is 22.6 Å². The van der Waals surface area contributed by atoms with Gasteiger partial charge in [0, 0.05) is 11.6 Å². The zero-order valence-electron chi connectivity index (χ0n) is 13.9. The van der Waals surface area contributed by atoms with Crippen LogP contribution < -0.4 is 10.1 Å². The Kier molecular flexibility index (Phi) is 5.03. The number of nitrogens with zero attached hydrogens (tertiary/aromatic N) is 3. The molecule has 0 aliphatic heterocycles. The number of nitrogens with one attached hydrogen (secondary N) is 2. The number of hydrogen-bond acceptors (Lipinski definition) is 7. The molecular formula is C16H17N5O3S. The average molecular weight is 359 g/mol. The first-order chi connectivity index (χ1) is 12.0. The second kappa shape index (κ2) is 7.39. The molecule has 3 aromatic rings. The van der Waals surface area contributed by atoms with Crippen LogP contribution in [0.15, 0.2) is 40.0 Å². The van der Waals surface area contributed by atoms with Crippen LogP contribution in [0.25, 0.3) is 11.4 Å². The molecule has 1 amide bonds. The fourth-order valence-corrected chi connectivity index (χ4v) is 2.77. The number of hydrogen-bond donors (Lipinski definition) is 2. The number of carbonyl (C=O) groups is 1. The number of aryl methyl sites for hydroxylation is 1. The minimum Gasteiger partial charge on any atom is -0.497 e. The maximum Gasteiger partial charge on any atom is 0.238 e. The third kappa shape index (κ3) is 4.18. The van der Waals surface area contributed by atoms with E-state index >= 15 is 0 Å². The maximum absolute atomic E-state index is 12.2. The summed E-state index contributed by atoms with van der Waals surface area (Å²) < 4.78 is 10.1. The van der Waals surface area contributed by atoms with Gasteiger partial charge in [0.2, 0.25) is 11.1 Å². The normalized spacial score (nSPS) is 12.0. The third-order valence-electron chi connectivity index (χ3n) is 3.36. The molecule has 1 atom stereocenters. The summed E-state index contributed by atoms with van der Waals surface area (Å²) in [6.07, 6.45) is 0. The van der Waals surface area contributed by atoms with E-state index in [4.69, 9.17) is 9.26 Å². The van der Waals surface area contributed by atoms with Gasteiger partial charge in [-0.3, -0.25) is 9.89 Å². The van der Waals surface area contributed by atoms with Crippen LogP contribution in [0.1, 0.15) is 12.7 Å². The van der Waals surface area contributed by atoms with Gasteiger partial charge in [0.1, 0.15) is 11.5 Å². The van der Waals surface area contributed by atoms with Gasteiger partial charge in [-0.1, -0.05) is 16.9 Å². The molecule has 0 aliphatic rings. The quantitative estimate of drug-likeness (QED) is 0.652. The standard InChI is InChI=1S/C16H17N5O3S/c1-9-8-13(21-24-9)17-15(22)10(2)25-16-18-14(19-20-16)11-4-6-12(23-3)7-5-11/h4-8,10H,1-3H3,(H,17,21,22)(H,18,19,20). The Morgan fingerprint density at radius 2 is 2.12 bits per heavy atom. The lowest BCUT2D eigenvalue weighted by Crippen LogP contribution is -2.22. The van der Waals surface area contributed by atoms with E-state index in [-0.39, 0.29) is 5.91 Å². The first kappa shape index (κ1) is 17.0. The smallest absolute Gasteiger partial charge is 0.238 e. The Hall–Kier alpha value is -2.81. The topological polar surface area (TPSA) is 106 Å². The lowest BCUT2D eigenvalue weighted by Gasteiger charge is -2.07. The molecule has 130 valence electrons. The molecule has 2 heterocycles. The summed E-state index contributed by atoms with van der Waals surface area (Å²) in [6.45, 7) is 3.53. The fraction of sp³-hybridized carbons (Fsp3) is 0.250. The summed E-state index contributed by atoms with van der Waals surface area (Å²) in [7, 11) is 1.62. The van der Waals surface area contributed by atoms with Gasteiger partial charge in [-0.05, 0) is 38.1 Å². The Morgan fingerprint density at radius 1 is 1.36 bits per heavy atom. The molecule has 0 saturated carbocycles. The Labute approximate surface area is 148 Å². The third-order valence-corrected chi connectivity index (χ3v) is 4.32. The van der Waals surface area contributed by atoms with E-state index in [1.165, 1.54) is 11.8 Å². The SMILES string of the molecule is COc1ccc(-c2nc(SC(C)C(=O)Nc3cc(C)on3)n[nH]2)cc1. The van der Waals surface area contributed by atoms with Crippen LogP contribution in [0.4, 0.5) is 5.82 Å². The van der Waals surface area contributed by atoms with Crippen molar-refractivity contribution in [3.63, 3.8) is 0 Å². The highest BCUT2D eigenvalue weighted by atomic mass is 32.2. The summed E-state index contributed by atoms with van der Waals surface area (Å²) in [5.41, 5.74) is 0.885. The number of amides is 1. The van der Waals surface area contributed by atoms with E-state index in [1.807, 2.05) is 24.3 Å². The molecule has 9 heteroatoms. The van der Waals surface area contributed by atoms with Crippen molar-refractivity contribution in [1.82, 2.24) is 20.3 Å². The van der Waals surface area contributed by atoms with Gasteiger partial charge in [0.05, 0.1) is 12.4 Å². The second-order valence-electron chi connectivity index (χ2n) is 5.27. The molecule has 1 aromatic carbocycles. The van der Waals surface area contributed by atoms with Crippen LogP contribution in [0, 0.1) is 6.92 Å². The number of thioether (sulfide) groups is 1. The molecule has 2 aromatic heterocycles. The number of aromatic amines is 1. The zero-order valence-corrected chi connectivity index (χ0v) is 14.8. The van der Waals surface area contributed by atoms with Crippen molar-refractivity contribution in [3.05, 3.63) is 36.1 Å². The van der Waals surface area contributed by atoms with Crippen LogP contribution in [0.5, 0.6) is 5.75 Å². The number of aromatic nitrogens is 4.